The van der Waals surface area contributed by atoms with Gasteiger partial charge >= 0.3 is 0 Å². The first-order valence-corrected chi connectivity index (χ1v) is 8.02. The molecular formula is C12H13ClN2O3S. The third kappa shape index (κ3) is 3.13. The maximum absolute atomic E-state index is 11.5. The molecule has 0 amide bonds. The van der Waals surface area contributed by atoms with E-state index in [9.17, 15) is 8.42 Å². The minimum atomic E-state index is -3.26. The van der Waals surface area contributed by atoms with Crippen molar-refractivity contribution in [2.24, 2.45) is 0 Å². The molecule has 0 saturated carbocycles. The van der Waals surface area contributed by atoms with Gasteiger partial charge in [0.05, 0.1) is 10.3 Å². The Morgan fingerprint density at radius 1 is 1.42 bits per heavy atom. The fourth-order valence-electron chi connectivity index (χ4n) is 1.52. The average molecular weight is 301 g/mol. The summed E-state index contributed by atoms with van der Waals surface area (Å²) in [6.45, 7) is 1.91. The minimum Gasteiger partial charge on any atom is -0.334 e. The largest absolute Gasteiger partial charge is 0.334 e. The van der Waals surface area contributed by atoms with Crippen LogP contribution in [-0.4, -0.2) is 24.8 Å². The first-order chi connectivity index (χ1) is 8.91. The van der Waals surface area contributed by atoms with Gasteiger partial charge in [0.1, 0.15) is 0 Å². The Morgan fingerprint density at radius 2 is 2.16 bits per heavy atom. The molecule has 1 aromatic carbocycles. The summed E-state index contributed by atoms with van der Waals surface area (Å²) in [4.78, 5) is 4.38. The van der Waals surface area contributed by atoms with Crippen molar-refractivity contribution in [3.05, 3.63) is 30.1 Å². The fraction of sp³-hybridized carbons (Fsp3) is 0.333. The second-order valence-electron chi connectivity index (χ2n) is 4.13. The van der Waals surface area contributed by atoms with Crippen molar-refractivity contribution in [2.75, 3.05) is 6.26 Å². The Kier molecular flexibility index (Phi) is 3.91. The molecule has 1 heterocycles. The van der Waals surface area contributed by atoms with Crippen LogP contribution in [0.25, 0.3) is 11.5 Å². The number of hydrogen-bond donors (Lipinski definition) is 0. The minimum absolute atomic E-state index is 0.211. The molecular weight excluding hydrogens is 288 g/mol. The van der Waals surface area contributed by atoms with Crippen LogP contribution in [-0.2, 0) is 9.84 Å². The summed E-state index contributed by atoms with van der Waals surface area (Å²) in [6.07, 6.45) is 1.83. The van der Waals surface area contributed by atoms with Gasteiger partial charge in [-0.15, -0.1) is 11.6 Å². The number of sulfone groups is 1. The molecule has 0 bridgehead atoms. The summed E-state index contributed by atoms with van der Waals surface area (Å²) in [7, 11) is -3.26. The predicted octanol–water partition coefficient (Wildman–Crippen LogP) is 2.83. The van der Waals surface area contributed by atoms with Crippen molar-refractivity contribution in [1.29, 1.82) is 0 Å². The van der Waals surface area contributed by atoms with Gasteiger partial charge in [0.2, 0.25) is 0 Å². The Hall–Kier alpha value is -1.40. The first kappa shape index (κ1) is 14.0. The van der Waals surface area contributed by atoms with E-state index in [0.717, 1.165) is 6.26 Å². The van der Waals surface area contributed by atoms with E-state index >= 15 is 0 Å². The van der Waals surface area contributed by atoms with Crippen molar-refractivity contribution in [2.45, 2.75) is 23.6 Å². The van der Waals surface area contributed by atoms with Crippen molar-refractivity contribution < 1.29 is 12.9 Å². The van der Waals surface area contributed by atoms with Gasteiger partial charge in [-0.05, 0) is 24.6 Å². The summed E-state index contributed by atoms with van der Waals surface area (Å²) < 4.78 is 28.1. The number of benzene rings is 1. The van der Waals surface area contributed by atoms with E-state index in [-0.39, 0.29) is 16.2 Å². The zero-order chi connectivity index (χ0) is 14.0. The van der Waals surface area contributed by atoms with E-state index in [0.29, 0.717) is 17.8 Å². The molecule has 0 spiro atoms. The van der Waals surface area contributed by atoms with E-state index in [2.05, 4.69) is 10.1 Å². The number of hydrogen-bond acceptors (Lipinski definition) is 5. The SMILES string of the molecule is CCC(Cl)c1noc(-c2cccc(S(C)(=O)=O)c2)n1. The smallest absolute Gasteiger partial charge is 0.258 e. The highest BCUT2D eigenvalue weighted by molar-refractivity contribution is 7.90. The molecule has 0 aliphatic carbocycles. The molecule has 0 aliphatic heterocycles. The molecule has 1 atom stereocenters. The third-order valence-electron chi connectivity index (χ3n) is 2.59. The summed E-state index contributed by atoms with van der Waals surface area (Å²) in [5.41, 5.74) is 0.557. The van der Waals surface area contributed by atoms with Crippen molar-refractivity contribution in [1.82, 2.24) is 10.1 Å². The lowest BCUT2D eigenvalue weighted by atomic mass is 10.2. The topological polar surface area (TPSA) is 73.1 Å². The van der Waals surface area contributed by atoms with E-state index < -0.39 is 9.84 Å². The fourth-order valence-corrected chi connectivity index (χ4v) is 2.28. The standard InChI is InChI=1S/C12H13ClN2O3S/c1-3-10(13)11-14-12(18-15-11)8-5-4-6-9(7-8)19(2,16)17/h4-7,10H,3H2,1-2H3. The second-order valence-corrected chi connectivity index (χ2v) is 6.68. The molecule has 5 nitrogen and oxygen atoms in total. The predicted molar refractivity (Wildman–Crippen MR) is 71.7 cm³/mol. The quantitative estimate of drug-likeness (QED) is 0.812. The monoisotopic (exact) mass is 300 g/mol. The lowest BCUT2D eigenvalue weighted by Crippen LogP contribution is -1.97. The van der Waals surface area contributed by atoms with Crippen LogP contribution in [0.2, 0.25) is 0 Å². The number of nitrogens with zero attached hydrogens (tertiary/aromatic N) is 2. The van der Waals surface area contributed by atoms with Crippen molar-refractivity contribution >= 4 is 21.4 Å². The Labute approximate surface area is 116 Å². The maximum Gasteiger partial charge on any atom is 0.258 e. The van der Waals surface area contributed by atoms with Crippen LogP contribution < -0.4 is 0 Å². The third-order valence-corrected chi connectivity index (χ3v) is 4.20. The summed E-state index contributed by atoms with van der Waals surface area (Å²) in [5, 5.41) is 3.48. The molecule has 0 radical (unpaired) electrons. The van der Waals surface area contributed by atoms with Gasteiger partial charge in [0.15, 0.2) is 15.7 Å². The maximum atomic E-state index is 11.5. The van der Waals surface area contributed by atoms with E-state index in [4.69, 9.17) is 16.1 Å². The molecule has 2 rings (SSSR count). The van der Waals surface area contributed by atoms with Crippen molar-refractivity contribution in [3.63, 3.8) is 0 Å². The molecule has 0 aliphatic rings. The van der Waals surface area contributed by atoms with Gasteiger partial charge in [-0.1, -0.05) is 18.1 Å². The van der Waals surface area contributed by atoms with Crippen LogP contribution in [0.1, 0.15) is 24.5 Å². The molecule has 7 heteroatoms. The Balaban J connectivity index is 2.40. The molecule has 0 saturated heterocycles. The van der Waals surface area contributed by atoms with E-state index in [1.165, 1.54) is 12.1 Å². The molecule has 1 unspecified atom stereocenters. The Morgan fingerprint density at radius 3 is 2.79 bits per heavy atom. The van der Waals surface area contributed by atoms with Crippen LogP contribution >= 0.6 is 11.6 Å². The van der Waals surface area contributed by atoms with Crippen LogP contribution in [0, 0.1) is 0 Å². The lowest BCUT2D eigenvalue weighted by molar-refractivity contribution is 0.421. The zero-order valence-corrected chi connectivity index (χ0v) is 12.1. The highest BCUT2D eigenvalue weighted by atomic mass is 35.5. The normalized spacial score (nSPS) is 13.4. The van der Waals surface area contributed by atoms with Gasteiger partial charge in [-0.2, -0.15) is 4.98 Å². The van der Waals surface area contributed by atoms with Crippen LogP contribution in [0.5, 0.6) is 0 Å². The number of halogens is 1. The average Bonchev–Trinajstić information content (AvgIpc) is 2.86. The Bertz CT molecular complexity index is 682. The van der Waals surface area contributed by atoms with Gasteiger partial charge in [-0.25, -0.2) is 8.42 Å². The summed E-state index contributed by atoms with van der Waals surface area (Å²) in [6, 6.07) is 6.36. The number of rotatable bonds is 4. The van der Waals surface area contributed by atoms with Crippen LogP contribution in [0.4, 0.5) is 0 Å². The van der Waals surface area contributed by atoms with E-state index in [1.54, 1.807) is 12.1 Å². The highest BCUT2D eigenvalue weighted by Gasteiger charge is 2.16. The van der Waals surface area contributed by atoms with E-state index in [1.807, 2.05) is 6.92 Å². The van der Waals surface area contributed by atoms with Gasteiger partial charge in [0.25, 0.3) is 5.89 Å². The molecule has 102 valence electrons. The number of alkyl halides is 1. The van der Waals surface area contributed by atoms with Gasteiger partial charge in [0, 0.05) is 11.8 Å². The zero-order valence-electron chi connectivity index (χ0n) is 10.5. The molecule has 0 N–H and O–H groups in total. The molecule has 2 aromatic rings. The molecule has 19 heavy (non-hydrogen) atoms. The highest BCUT2D eigenvalue weighted by Crippen LogP contribution is 2.25. The number of aromatic nitrogens is 2. The van der Waals surface area contributed by atoms with Gasteiger partial charge in [-0.3, -0.25) is 0 Å². The van der Waals surface area contributed by atoms with Crippen molar-refractivity contribution in [3.8, 4) is 11.5 Å². The van der Waals surface area contributed by atoms with Crippen LogP contribution in [0.15, 0.2) is 33.7 Å². The summed E-state index contributed by atoms with van der Waals surface area (Å²) in [5.74, 6) is 0.670. The summed E-state index contributed by atoms with van der Waals surface area (Å²) >= 11 is 6.01. The van der Waals surface area contributed by atoms with Crippen LogP contribution in [0.3, 0.4) is 0 Å². The first-order valence-electron chi connectivity index (χ1n) is 5.70. The lowest BCUT2D eigenvalue weighted by Gasteiger charge is -1.99. The second kappa shape index (κ2) is 5.30. The molecule has 0 fully saturated rings. The molecule has 1 aromatic heterocycles. The van der Waals surface area contributed by atoms with Gasteiger partial charge < -0.3 is 4.52 Å².